The number of hydrogen-bond donors (Lipinski definition) is 0. The number of rotatable bonds is 5. The Balaban J connectivity index is 1.82. The molecule has 144 valence electrons. The highest BCUT2D eigenvalue weighted by atomic mass is 16.5. The van der Waals surface area contributed by atoms with E-state index in [1.165, 1.54) is 0 Å². The number of esters is 1. The van der Waals surface area contributed by atoms with E-state index in [2.05, 4.69) is 24.5 Å². The molecule has 1 heterocycles. The van der Waals surface area contributed by atoms with Crippen molar-refractivity contribution < 1.29 is 9.53 Å². The number of fused-ring (bicyclic) bond motifs is 1. The number of para-hydroxylation sites is 2. The van der Waals surface area contributed by atoms with Crippen LogP contribution in [0.15, 0.2) is 84.9 Å². The fourth-order valence-electron chi connectivity index (χ4n) is 3.33. The van der Waals surface area contributed by atoms with Crippen LogP contribution in [0.1, 0.15) is 41.6 Å². The zero-order chi connectivity index (χ0) is 20.2. The van der Waals surface area contributed by atoms with Gasteiger partial charge in [0.15, 0.2) is 0 Å². The normalized spacial score (nSPS) is 11.8. The van der Waals surface area contributed by atoms with Crippen LogP contribution in [0, 0.1) is 0 Å². The van der Waals surface area contributed by atoms with Gasteiger partial charge >= 0.3 is 5.97 Å². The summed E-state index contributed by atoms with van der Waals surface area (Å²) in [5.41, 5.74) is 3.29. The van der Waals surface area contributed by atoms with E-state index in [9.17, 15) is 4.79 Å². The van der Waals surface area contributed by atoms with E-state index >= 15 is 0 Å². The number of imidazole rings is 1. The maximum absolute atomic E-state index is 12.7. The highest BCUT2D eigenvalue weighted by molar-refractivity contribution is 5.95. The second-order valence-electron chi connectivity index (χ2n) is 7.05. The summed E-state index contributed by atoms with van der Waals surface area (Å²) >= 11 is 0. The number of carbonyl (C=O) groups is 1. The average molecular weight is 382 g/mol. The molecule has 29 heavy (non-hydrogen) atoms. The van der Waals surface area contributed by atoms with Crippen LogP contribution in [0.3, 0.4) is 0 Å². The maximum atomic E-state index is 12.7. The van der Waals surface area contributed by atoms with Crippen molar-refractivity contribution in [2.24, 2.45) is 0 Å². The third kappa shape index (κ3) is 3.97. The van der Waals surface area contributed by atoms with E-state index in [1.54, 1.807) is 12.1 Å². The Kier molecular flexibility index (Phi) is 5.25. The molecule has 0 saturated carbocycles. The van der Waals surface area contributed by atoms with E-state index in [0.717, 1.165) is 22.4 Å². The van der Waals surface area contributed by atoms with Gasteiger partial charge in [0.1, 0.15) is 11.6 Å². The zero-order valence-electron chi connectivity index (χ0n) is 16.4. The molecule has 4 nitrogen and oxygen atoms in total. The highest BCUT2D eigenvalue weighted by Gasteiger charge is 2.16. The number of ether oxygens (including phenoxy) is 1. The summed E-state index contributed by atoms with van der Waals surface area (Å²) in [6.07, 6.45) is 1.84. The molecule has 1 aromatic heterocycles. The van der Waals surface area contributed by atoms with Crippen molar-refractivity contribution in [3.05, 3.63) is 102 Å². The van der Waals surface area contributed by atoms with Gasteiger partial charge in [0, 0.05) is 17.7 Å². The van der Waals surface area contributed by atoms with E-state index in [4.69, 9.17) is 9.72 Å². The van der Waals surface area contributed by atoms with Crippen molar-refractivity contribution in [2.45, 2.75) is 19.9 Å². The van der Waals surface area contributed by atoms with E-state index in [1.807, 2.05) is 72.8 Å². The molecule has 4 heteroatoms. The van der Waals surface area contributed by atoms with Crippen molar-refractivity contribution >= 4 is 28.8 Å². The number of aromatic nitrogens is 2. The fourth-order valence-corrected chi connectivity index (χ4v) is 3.33. The zero-order valence-corrected chi connectivity index (χ0v) is 16.4. The van der Waals surface area contributed by atoms with Crippen LogP contribution in [0.5, 0.6) is 0 Å². The van der Waals surface area contributed by atoms with Gasteiger partial charge in [-0.2, -0.15) is 0 Å². The third-order valence-corrected chi connectivity index (χ3v) is 4.67. The first-order valence-electron chi connectivity index (χ1n) is 9.65. The standard InChI is InChI=1S/C25H22N2O2/c1-18(2)27-22-16-10-9-15-21(22)26-24(27)17-23(19-11-5-3-6-12-19)29-25(28)20-13-7-4-8-14-20/h3-18H,1-2H3. The molecule has 4 aromatic rings. The Morgan fingerprint density at radius 2 is 1.45 bits per heavy atom. The van der Waals surface area contributed by atoms with Crippen LogP contribution < -0.4 is 0 Å². The Hall–Kier alpha value is -3.66. The van der Waals surface area contributed by atoms with Crippen LogP contribution in [0.4, 0.5) is 0 Å². The lowest BCUT2D eigenvalue weighted by molar-refractivity contribution is 0.0693. The van der Waals surface area contributed by atoms with Gasteiger partial charge < -0.3 is 9.30 Å². The lowest BCUT2D eigenvalue weighted by Gasteiger charge is -2.13. The smallest absolute Gasteiger partial charge is 0.343 e. The van der Waals surface area contributed by atoms with Crippen molar-refractivity contribution in [3.8, 4) is 0 Å². The van der Waals surface area contributed by atoms with Gasteiger partial charge in [-0.05, 0) is 38.1 Å². The molecule has 0 radical (unpaired) electrons. The Morgan fingerprint density at radius 3 is 2.10 bits per heavy atom. The number of hydrogen-bond acceptors (Lipinski definition) is 3. The van der Waals surface area contributed by atoms with Crippen molar-refractivity contribution in [2.75, 3.05) is 0 Å². The molecule has 0 spiro atoms. The van der Waals surface area contributed by atoms with E-state index in [0.29, 0.717) is 11.3 Å². The maximum Gasteiger partial charge on any atom is 0.343 e. The number of nitrogens with zero attached hydrogens (tertiary/aromatic N) is 2. The second-order valence-corrected chi connectivity index (χ2v) is 7.05. The minimum atomic E-state index is -0.395. The molecule has 0 bridgehead atoms. The first kappa shape index (κ1) is 18.7. The summed E-state index contributed by atoms with van der Waals surface area (Å²) in [7, 11) is 0. The van der Waals surface area contributed by atoms with Gasteiger partial charge in [-0.15, -0.1) is 0 Å². The fraction of sp³-hybridized carbons (Fsp3) is 0.120. The van der Waals surface area contributed by atoms with Crippen LogP contribution in [0.25, 0.3) is 22.9 Å². The Bertz CT molecular complexity index is 1160. The molecule has 0 atom stereocenters. The van der Waals surface area contributed by atoms with E-state index in [-0.39, 0.29) is 6.04 Å². The minimum absolute atomic E-state index is 0.204. The predicted molar refractivity (Wildman–Crippen MR) is 116 cm³/mol. The van der Waals surface area contributed by atoms with Crippen LogP contribution in [-0.4, -0.2) is 15.5 Å². The SMILES string of the molecule is CC(C)n1c(C=C(OC(=O)c2ccccc2)c2ccccc2)nc2ccccc21. The third-order valence-electron chi connectivity index (χ3n) is 4.67. The molecule has 0 aliphatic heterocycles. The lowest BCUT2D eigenvalue weighted by atomic mass is 10.1. The van der Waals surface area contributed by atoms with Crippen LogP contribution in [0.2, 0.25) is 0 Å². The van der Waals surface area contributed by atoms with Gasteiger partial charge in [-0.3, -0.25) is 0 Å². The van der Waals surface area contributed by atoms with Crippen LogP contribution >= 0.6 is 0 Å². The number of carbonyl (C=O) groups excluding carboxylic acids is 1. The monoisotopic (exact) mass is 382 g/mol. The molecule has 0 aliphatic carbocycles. The van der Waals surface area contributed by atoms with Gasteiger partial charge in [0.05, 0.1) is 16.6 Å². The van der Waals surface area contributed by atoms with Crippen molar-refractivity contribution in [1.82, 2.24) is 9.55 Å². The molecular formula is C25H22N2O2. The van der Waals surface area contributed by atoms with Crippen molar-refractivity contribution in [1.29, 1.82) is 0 Å². The molecule has 4 rings (SSSR count). The summed E-state index contributed by atoms with van der Waals surface area (Å²) in [5, 5.41) is 0. The summed E-state index contributed by atoms with van der Waals surface area (Å²) in [6.45, 7) is 4.23. The largest absolute Gasteiger partial charge is 0.422 e. The van der Waals surface area contributed by atoms with Gasteiger partial charge in [0.25, 0.3) is 0 Å². The Labute approximate surface area is 170 Å². The first-order valence-corrected chi connectivity index (χ1v) is 9.65. The quantitative estimate of drug-likeness (QED) is 0.315. The number of benzene rings is 3. The summed E-state index contributed by atoms with van der Waals surface area (Å²) in [4.78, 5) is 17.5. The minimum Gasteiger partial charge on any atom is -0.422 e. The van der Waals surface area contributed by atoms with Crippen LogP contribution in [-0.2, 0) is 4.74 Å². The van der Waals surface area contributed by atoms with Gasteiger partial charge in [-0.25, -0.2) is 9.78 Å². The van der Waals surface area contributed by atoms with Gasteiger partial charge in [0.2, 0.25) is 0 Å². The molecule has 0 N–H and O–H groups in total. The summed E-state index contributed by atoms with van der Waals surface area (Å²) in [5.74, 6) is 0.825. The summed E-state index contributed by atoms with van der Waals surface area (Å²) in [6, 6.07) is 26.8. The molecule has 0 saturated heterocycles. The van der Waals surface area contributed by atoms with Gasteiger partial charge in [-0.1, -0.05) is 60.7 Å². The average Bonchev–Trinajstić information content (AvgIpc) is 3.12. The molecule has 0 aliphatic rings. The second kappa shape index (κ2) is 8.15. The molecule has 0 unspecified atom stereocenters. The lowest BCUT2D eigenvalue weighted by Crippen LogP contribution is -2.07. The topological polar surface area (TPSA) is 44.1 Å². The van der Waals surface area contributed by atoms with Crippen molar-refractivity contribution in [3.63, 3.8) is 0 Å². The molecular weight excluding hydrogens is 360 g/mol. The first-order chi connectivity index (χ1) is 14.1. The molecule has 3 aromatic carbocycles. The molecule has 0 fully saturated rings. The highest BCUT2D eigenvalue weighted by Crippen LogP contribution is 2.26. The summed E-state index contributed by atoms with van der Waals surface area (Å²) < 4.78 is 7.97. The molecule has 0 amide bonds. The van der Waals surface area contributed by atoms with E-state index < -0.39 is 5.97 Å². The predicted octanol–water partition coefficient (Wildman–Crippen LogP) is 5.97. The Morgan fingerprint density at radius 1 is 0.862 bits per heavy atom.